The van der Waals surface area contributed by atoms with Gasteiger partial charge in [0.15, 0.2) is 18.1 Å². The van der Waals surface area contributed by atoms with Crippen molar-refractivity contribution in [2.75, 3.05) is 11.9 Å². The highest BCUT2D eigenvalue weighted by Crippen LogP contribution is 2.41. The standard InChI is InChI=1S/C24H23N5O4S/c1-14-10-20(30)27-23(25-14)29-19(11-16(28-29)18-8-5-9-34-18)26-21(31)13-32-17-7-4-6-15-12-24(2,3)33-22(15)17/h4-11H,12-13H2,1-3H3,(H,26,31)(H,25,27,30). The number of para-hydroxylation sites is 1. The summed E-state index contributed by atoms with van der Waals surface area (Å²) in [5.41, 5.74) is 1.61. The highest BCUT2D eigenvalue weighted by atomic mass is 32.1. The molecule has 1 aliphatic rings. The molecule has 1 aromatic carbocycles. The second-order valence-electron chi connectivity index (χ2n) is 8.63. The molecular weight excluding hydrogens is 454 g/mol. The smallest absolute Gasteiger partial charge is 0.263 e. The van der Waals surface area contributed by atoms with Crippen LogP contribution in [0, 0.1) is 6.92 Å². The van der Waals surface area contributed by atoms with Gasteiger partial charge < -0.3 is 14.8 Å². The number of anilines is 1. The Bertz CT molecular complexity index is 1420. The number of amides is 1. The fraction of sp³-hybridized carbons (Fsp3) is 0.250. The van der Waals surface area contributed by atoms with Crippen molar-refractivity contribution < 1.29 is 14.3 Å². The molecule has 34 heavy (non-hydrogen) atoms. The van der Waals surface area contributed by atoms with Gasteiger partial charge in [-0.15, -0.1) is 11.3 Å². The Balaban J connectivity index is 1.39. The molecule has 1 aliphatic heterocycles. The first-order valence-corrected chi connectivity index (χ1v) is 11.6. The van der Waals surface area contributed by atoms with Gasteiger partial charge in [0.1, 0.15) is 17.1 Å². The molecule has 4 heterocycles. The van der Waals surface area contributed by atoms with Crippen LogP contribution in [-0.4, -0.2) is 37.9 Å². The minimum absolute atomic E-state index is 0.209. The summed E-state index contributed by atoms with van der Waals surface area (Å²) in [7, 11) is 0. The lowest BCUT2D eigenvalue weighted by atomic mass is 10.0. The molecule has 4 aromatic rings. The zero-order chi connectivity index (χ0) is 23.9. The number of aromatic nitrogens is 4. The van der Waals surface area contributed by atoms with Gasteiger partial charge in [0.05, 0.1) is 4.88 Å². The fourth-order valence-electron chi connectivity index (χ4n) is 3.86. The largest absolute Gasteiger partial charge is 0.483 e. The number of ether oxygens (including phenoxy) is 2. The number of fused-ring (bicyclic) bond motifs is 1. The Morgan fingerprint density at radius 1 is 1.29 bits per heavy atom. The number of benzene rings is 1. The first kappa shape index (κ1) is 21.9. The van der Waals surface area contributed by atoms with Crippen LogP contribution in [0.3, 0.4) is 0 Å². The number of rotatable bonds is 6. The second kappa shape index (κ2) is 8.45. The lowest BCUT2D eigenvalue weighted by Crippen LogP contribution is -2.25. The Hall–Kier alpha value is -3.92. The third-order valence-corrected chi connectivity index (χ3v) is 6.11. The predicted molar refractivity (Wildman–Crippen MR) is 129 cm³/mol. The van der Waals surface area contributed by atoms with E-state index in [0.717, 1.165) is 16.9 Å². The van der Waals surface area contributed by atoms with E-state index in [9.17, 15) is 9.59 Å². The molecule has 9 nitrogen and oxygen atoms in total. The Morgan fingerprint density at radius 2 is 2.15 bits per heavy atom. The Labute approximate surface area is 199 Å². The summed E-state index contributed by atoms with van der Waals surface area (Å²) in [4.78, 5) is 32.8. The van der Waals surface area contributed by atoms with E-state index in [-0.39, 0.29) is 29.6 Å². The van der Waals surface area contributed by atoms with Gasteiger partial charge >= 0.3 is 0 Å². The molecule has 174 valence electrons. The van der Waals surface area contributed by atoms with Gasteiger partial charge in [0.25, 0.3) is 11.5 Å². The van der Waals surface area contributed by atoms with E-state index in [1.807, 2.05) is 43.5 Å². The quantitative estimate of drug-likeness (QED) is 0.438. The summed E-state index contributed by atoms with van der Waals surface area (Å²) < 4.78 is 13.2. The van der Waals surface area contributed by atoms with Gasteiger partial charge in [-0.3, -0.25) is 14.6 Å². The molecule has 0 unspecified atom stereocenters. The Kier molecular flexibility index (Phi) is 5.45. The molecule has 0 spiro atoms. The van der Waals surface area contributed by atoms with Gasteiger partial charge in [-0.05, 0) is 38.3 Å². The molecule has 0 radical (unpaired) electrons. The van der Waals surface area contributed by atoms with Crippen molar-refractivity contribution in [1.29, 1.82) is 0 Å². The first-order valence-electron chi connectivity index (χ1n) is 10.7. The van der Waals surface area contributed by atoms with E-state index in [1.165, 1.54) is 22.1 Å². The Morgan fingerprint density at radius 3 is 2.91 bits per heavy atom. The second-order valence-corrected chi connectivity index (χ2v) is 9.58. The molecule has 0 bridgehead atoms. The van der Waals surface area contributed by atoms with Crippen LogP contribution in [0.4, 0.5) is 5.82 Å². The van der Waals surface area contributed by atoms with E-state index in [2.05, 4.69) is 20.4 Å². The van der Waals surface area contributed by atoms with Gasteiger partial charge in [0.2, 0.25) is 5.95 Å². The first-order chi connectivity index (χ1) is 16.3. The summed E-state index contributed by atoms with van der Waals surface area (Å²) >= 11 is 1.52. The van der Waals surface area contributed by atoms with Crippen LogP contribution in [0.5, 0.6) is 11.5 Å². The summed E-state index contributed by atoms with van der Waals surface area (Å²) in [5.74, 6) is 1.38. The number of hydrogen-bond acceptors (Lipinski definition) is 7. The molecule has 0 fully saturated rings. The van der Waals surface area contributed by atoms with Crippen molar-refractivity contribution >= 4 is 23.1 Å². The van der Waals surface area contributed by atoms with Crippen molar-refractivity contribution in [3.05, 3.63) is 69.5 Å². The number of carbonyl (C=O) groups excluding carboxylic acids is 1. The summed E-state index contributed by atoms with van der Waals surface area (Å²) in [6.45, 7) is 5.52. The molecular formula is C24H23N5O4S. The van der Waals surface area contributed by atoms with Crippen molar-refractivity contribution in [2.45, 2.75) is 32.8 Å². The van der Waals surface area contributed by atoms with Crippen LogP contribution >= 0.6 is 11.3 Å². The molecule has 0 saturated heterocycles. The third kappa shape index (κ3) is 4.44. The van der Waals surface area contributed by atoms with Gasteiger partial charge in [0, 0.05) is 29.8 Å². The SMILES string of the molecule is Cc1cc(=O)[nH]c(-n2nc(-c3cccs3)cc2NC(=O)COc2cccc3c2OC(C)(C)C3)n1. The van der Waals surface area contributed by atoms with E-state index in [4.69, 9.17) is 9.47 Å². The van der Waals surface area contributed by atoms with Crippen LogP contribution < -0.4 is 20.3 Å². The number of aryl methyl sites for hydroxylation is 1. The predicted octanol–water partition coefficient (Wildman–Crippen LogP) is 3.72. The van der Waals surface area contributed by atoms with E-state index >= 15 is 0 Å². The molecule has 0 saturated carbocycles. The third-order valence-electron chi connectivity index (χ3n) is 5.22. The topological polar surface area (TPSA) is 111 Å². The monoisotopic (exact) mass is 477 g/mol. The van der Waals surface area contributed by atoms with Crippen LogP contribution in [0.1, 0.15) is 25.1 Å². The van der Waals surface area contributed by atoms with Gasteiger partial charge in [-0.2, -0.15) is 9.78 Å². The van der Waals surface area contributed by atoms with Crippen molar-refractivity contribution in [3.63, 3.8) is 0 Å². The molecule has 1 amide bonds. The minimum atomic E-state index is -0.385. The zero-order valence-corrected chi connectivity index (χ0v) is 19.7. The van der Waals surface area contributed by atoms with Gasteiger partial charge in [-0.1, -0.05) is 18.2 Å². The van der Waals surface area contributed by atoms with E-state index in [0.29, 0.717) is 28.7 Å². The molecule has 0 atom stereocenters. The van der Waals surface area contributed by atoms with Gasteiger partial charge in [-0.25, -0.2) is 4.98 Å². The number of carbonyl (C=O) groups is 1. The molecule has 0 aliphatic carbocycles. The summed E-state index contributed by atoms with van der Waals surface area (Å²) in [6, 6.07) is 12.6. The number of nitrogens with zero attached hydrogens (tertiary/aromatic N) is 3. The van der Waals surface area contributed by atoms with Crippen molar-refractivity contribution in [1.82, 2.24) is 19.7 Å². The molecule has 3 aromatic heterocycles. The number of H-pyrrole nitrogens is 1. The fourth-order valence-corrected chi connectivity index (χ4v) is 4.54. The van der Waals surface area contributed by atoms with E-state index < -0.39 is 0 Å². The van der Waals surface area contributed by atoms with Crippen LogP contribution in [-0.2, 0) is 11.2 Å². The lowest BCUT2D eigenvalue weighted by Gasteiger charge is -2.18. The number of nitrogens with one attached hydrogen (secondary N) is 2. The molecule has 5 rings (SSSR count). The summed E-state index contributed by atoms with van der Waals surface area (Å²) in [5, 5.41) is 9.32. The van der Waals surface area contributed by atoms with Crippen molar-refractivity contribution in [3.8, 4) is 28.0 Å². The minimum Gasteiger partial charge on any atom is -0.483 e. The summed E-state index contributed by atoms with van der Waals surface area (Å²) in [6.07, 6.45) is 0.776. The van der Waals surface area contributed by atoms with Crippen LogP contribution in [0.2, 0.25) is 0 Å². The maximum Gasteiger partial charge on any atom is 0.263 e. The van der Waals surface area contributed by atoms with E-state index in [1.54, 1.807) is 19.1 Å². The maximum absolute atomic E-state index is 12.8. The van der Waals surface area contributed by atoms with Crippen LogP contribution in [0.25, 0.3) is 16.5 Å². The highest BCUT2D eigenvalue weighted by molar-refractivity contribution is 7.13. The normalized spacial score (nSPS) is 13.9. The number of thiophene rings is 1. The highest BCUT2D eigenvalue weighted by Gasteiger charge is 2.32. The maximum atomic E-state index is 12.8. The zero-order valence-electron chi connectivity index (χ0n) is 18.9. The average Bonchev–Trinajstić information content (AvgIpc) is 3.49. The van der Waals surface area contributed by atoms with Crippen molar-refractivity contribution in [2.24, 2.45) is 0 Å². The lowest BCUT2D eigenvalue weighted by molar-refractivity contribution is -0.118. The number of hydrogen-bond donors (Lipinski definition) is 2. The number of aromatic amines is 1. The van der Waals surface area contributed by atoms with Crippen LogP contribution in [0.15, 0.2) is 52.6 Å². The average molecular weight is 478 g/mol. The molecule has 2 N–H and O–H groups in total. The molecule has 10 heteroatoms.